The molecule has 0 spiro atoms. The van der Waals surface area contributed by atoms with Gasteiger partial charge in [-0.1, -0.05) is 19.9 Å². The molecule has 2 aliphatic rings. The van der Waals surface area contributed by atoms with Crippen molar-refractivity contribution in [2.45, 2.75) is 25.7 Å². The number of carboxylic acid groups (broad SMARTS) is 1. The molecular formula is C19H27N2O5+. The minimum absolute atomic E-state index is 0.0342. The minimum atomic E-state index is -1.02. The first-order chi connectivity index (χ1) is 12.2. The first kappa shape index (κ1) is 18.5. The molecule has 2 heterocycles. The second-order valence-corrected chi connectivity index (χ2v) is 8.06. The number of benzene rings is 1. The minimum Gasteiger partial charge on any atom is -0.480 e. The Morgan fingerprint density at radius 1 is 1.31 bits per heavy atom. The lowest BCUT2D eigenvalue weighted by atomic mass is 9.79. The average molecular weight is 363 g/mol. The number of nitrogens with one attached hydrogen (secondary N) is 1. The van der Waals surface area contributed by atoms with E-state index in [0.717, 1.165) is 0 Å². The number of quaternary nitrogens is 1. The number of likely N-dealkylation sites (N-methyl/N-ethyl adjacent to an activating group) is 1. The summed E-state index contributed by atoms with van der Waals surface area (Å²) in [5, 5.41) is 13.0. The van der Waals surface area contributed by atoms with Gasteiger partial charge in [0.2, 0.25) is 6.79 Å². The maximum atomic E-state index is 12.3. The first-order valence-electron chi connectivity index (χ1n) is 8.98. The molecule has 1 fully saturated rings. The Labute approximate surface area is 153 Å². The largest absolute Gasteiger partial charge is 0.480 e. The number of amides is 1. The molecule has 142 valence electrons. The fourth-order valence-electron chi connectivity index (χ4n) is 3.85. The van der Waals surface area contributed by atoms with Crippen molar-refractivity contribution in [2.24, 2.45) is 5.92 Å². The highest BCUT2D eigenvalue weighted by molar-refractivity contribution is 5.83. The number of hydrogen-bond acceptors (Lipinski definition) is 4. The van der Waals surface area contributed by atoms with Gasteiger partial charge in [-0.25, -0.2) is 0 Å². The molecule has 2 unspecified atom stereocenters. The number of rotatable bonds is 6. The Kier molecular flexibility index (Phi) is 4.84. The van der Waals surface area contributed by atoms with Gasteiger partial charge in [-0.15, -0.1) is 0 Å². The molecule has 1 aromatic carbocycles. The van der Waals surface area contributed by atoms with Crippen LogP contribution < -0.4 is 14.8 Å². The lowest BCUT2D eigenvalue weighted by Gasteiger charge is -2.31. The molecule has 1 amide bonds. The summed E-state index contributed by atoms with van der Waals surface area (Å²) in [5.74, 6) is 0.708. The number of aliphatic carboxylic acids is 1. The summed E-state index contributed by atoms with van der Waals surface area (Å²) in [6.07, 6.45) is 0.482. The number of carbonyl (C=O) groups excluding carboxylic acids is 1. The van der Waals surface area contributed by atoms with Gasteiger partial charge < -0.3 is 24.4 Å². The van der Waals surface area contributed by atoms with Gasteiger partial charge in [0.1, 0.15) is 5.41 Å². The van der Waals surface area contributed by atoms with E-state index in [-0.39, 0.29) is 19.2 Å². The standard InChI is InChI=1S/C19H26N2O5/c1-13(2)9-20-17(22)10-21(3)7-6-19(11-21,18(23)24)14-4-5-15-16(8-14)26-12-25-15/h4-5,8,13H,6-7,9-12H2,1-3H3,(H-,20,22,23,24)/p+1. The number of carbonyl (C=O) groups is 2. The van der Waals surface area contributed by atoms with Gasteiger partial charge in [0.25, 0.3) is 5.91 Å². The van der Waals surface area contributed by atoms with E-state index in [1.165, 1.54) is 0 Å². The van der Waals surface area contributed by atoms with Crippen molar-refractivity contribution in [1.29, 1.82) is 0 Å². The zero-order chi connectivity index (χ0) is 18.9. The summed E-state index contributed by atoms with van der Waals surface area (Å²) in [7, 11) is 1.95. The van der Waals surface area contributed by atoms with Crippen LogP contribution in [0.3, 0.4) is 0 Å². The van der Waals surface area contributed by atoms with E-state index < -0.39 is 11.4 Å². The molecule has 0 bridgehead atoms. The van der Waals surface area contributed by atoms with Crippen LogP contribution >= 0.6 is 0 Å². The normalized spacial score (nSPS) is 26.9. The highest BCUT2D eigenvalue weighted by atomic mass is 16.7. The second kappa shape index (κ2) is 6.79. The third kappa shape index (κ3) is 3.49. The molecule has 0 aromatic heterocycles. The molecule has 0 saturated carbocycles. The van der Waals surface area contributed by atoms with Gasteiger partial charge >= 0.3 is 5.97 Å². The quantitative estimate of drug-likeness (QED) is 0.746. The first-order valence-corrected chi connectivity index (χ1v) is 8.98. The van der Waals surface area contributed by atoms with Crippen LogP contribution in [-0.4, -0.2) is 61.5 Å². The summed E-state index contributed by atoms with van der Waals surface area (Å²) < 4.78 is 11.1. The number of hydrogen-bond donors (Lipinski definition) is 2. The van der Waals surface area contributed by atoms with Crippen molar-refractivity contribution in [3.8, 4) is 11.5 Å². The van der Waals surface area contributed by atoms with E-state index in [2.05, 4.69) is 5.32 Å². The van der Waals surface area contributed by atoms with Gasteiger partial charge in [0.05, 0.1) is 20.1 Å². The second-order valence-electron chi connectivity index (χ2n) is 8.06. The van der Waals surface area contributed by atoms with Crippen LogP contribution in [0.1, 0.15) is 25.8 Å². The Morgan fingerprint density at radius 2 is 2.04 bits per heavy atom. The van der Waals surface area contributed by atoms with E-state index in [1.807, 2.05) is 20.9 Å². The van der Waals surface area contributed by atoms with Crippen LogP contribution in [0, 0.1) is 5.92 Å². The Hall–Kier alpha value is -2.28. The zero-order valence-corrected chi connectivity index (χ0v) is 15.6. The zero-order valence-electron chi connectivity index (χ0n) is 15.6. The average Bonchev–Trinajstić information content (AvgIpc) is 3.17. The molecule has 0 radical (unpaired) electrons. The highest BCUT2D eigenvalue weighted by Gasteiger charge is 2.54. The third-order valence-corrected chi connectivity index (χ3v) is 5.30. The molecule has 1 aromatic rings. The number of ether oxygens (including phenoxy) is 2. The van der Waals surface area contributed by atoms with Crippen LogP contribution in [-0.2, 0) is 15.0 Å². The number of likely N-dealkylation sites (tertiary alicyclic amines) is 1. The van der Waals surface area contributed by atoms with Crippen LogP contribution in [0.4, 0.5) is 0 Å². The van der Waals surface area contributed by atoms with Gasteiger partial charge in [0.15, 0.2) is 18.0 Å². The SMILES string of the molecule is CC(C)CNC(=O)C[N+]1(C)CCC(C(=O)O)(c2ccc3c(c2)OCO3)C1. The van der Waals surface area contributed by atoms with Crippen LogP contribution in [0.25, 0.3) is 0 Å². The number of carboxylic acids is 1. The number of nitrogens with zero attached hydrogens (tertiary/aromatic N) is 1. The molecule has 2 aliphatic heterocycles. The van der Waals surface area contributed by atoms with Gasteiger partial charge in [-0.05, 0) is 23.6 Å². The number of fused-ring (bicyclic) bond motifs is 1. The molecule has 2 N–H and O–H groups in total. The monoisotopic (exact) mass is 363 g/mol. The van der Waals surface area contributed by atoms with Crippen molar-refractivity contribution in [3.63, 3.8) is 0 Å². The maximum Gasteiger partial charge on any atom is 0.320 e. The fraction of sp³-hybridized carbons (Fsp3) is 0.579. The van der Waals surface area contributed by atoms with Gasteiger partial charge in [-0.2, -0.15) is 0 Å². The molecule has 26 heavy (non-hydrogen) atoms. The summed E-state index contributed by atoms with van der Waals surface area (Å²) in [4.78, 5) is 24.5. The van der Waals surface area contributed by atoms with E-state index >= 15 is 0 Å². The van der Waals surface area contributed by atoms with Gasteiger partial charge in [0, 0.05) is 13.0 Å². The predicted molar refractivity (Wildman–Crippen MR) is 95.1 cm³/mol. The summed E-state index contributed by atoms with van der Waals surface area (Å²) in [6.45, 7) is 6.16. The molecule has 1 saturated heterocycles. The van der Waals surface area contributed by atoms with E-state index in [4.69, 9.17) is 9.47 Å². The van der Waals surface area contributed by atoms with Crippen molar-refractivity contribution in [2.75, 3.05) is 40.0 Å². The Bertz CT molecular complexity index is 720. The van der Waals surface area contributed by atoms with Crippen LogP contribution in [0.15, 0.2) is 18.2 Å². The van der Waals surface area contributed by atoms with Crippen molar-refractivity contribution < 1.29 is 28.7 Å². The summed E-state index contributed by atoms with van der Waals surface area (Å²) >= 11 is 0. The highest BCUT2D eigenvalue weighted by Crippen LogP contribution is 2.42. The lowest BCUT2D eigenvalue weighted by molar-refractivity contribution is -0.891. The smallest absolute Gasteiger partial charge is 0.320 e. The van der Waals surface area contributed by atoms with E-state index in [0.29, 0.717) is 53.5 Å². The lowest BCUT2D eigenvalue weighted by Crippen LogP contribution is -2.52. The van der Waals surface area contributed by atoms with E-state index in [1.54, 1.807) is 18.2 Å². The van der Waals surface area contributed by atoms with E-state index in [9.17, 15) is 14.7 Å². The van der Waals surface area contributed by atoms with Crippen LogP contribution in [0.5, 0.6) is 11.5 Å². The maximum absolute atomic E-state index is 12.3. The topological polar surface area (TPSA) is 84.9 Å². The Balaban J connectivity index is 1.79. The molecule has 0 aliphatic carbocycles. The van der Waals surface area contributed by atoms with Gasteiger partial charge in [-0.3, -0.25) is 9.59 Å². The van der Waals surface area contributed by atoms with Crippen molar-refractivity contribution in [3.05, 3.63) is 23.8 Å². The van der Waals surface area contributed by atoms with Crippen LogP contribution in [0.2, 0.25) is 0 Å². The predicted octanol–water partition coefficient (Wildman–Crippen LogP) is 1.36. The van der Waals surface area contributed by atoms with Crippen molar-refractivity contribution in [1.82, 2.24) is 5.32 Å². The third-order valence-electron chi connectivity index (χ3n) is 5.30. The Morgan fingerprint density at radius 3 is 2.73 bits per heavy atom. The molecule has 7 nitrogen and oxygen atoms in total. The molecule has 3 rings (SSSR count). The molecule has 2 atom stereocenters. The summed E-state index contributed by atoms with van der Waals surface area (Å²) in [5.41, 5.74) is -0.313. The fourth-order valence-corrected chi connectivity index (χ4v) is 3.85. The molecular weight excluding hydrogens is 336 g/mol. The summed E-state index contributed by atoms with van der Waals surface area (Å²) in [6, 6.07) is 5.33. The van der Waals surface area contributed by atoms with Crippen molar-refractivity contribution >= 4 is 11.9 Å². The molecule has 7 heteroatoms.